The molecule has 0 bridgehead atoms. The Balaban J connectivity index is 0.000000308. The molecule has 0 unspecified atom stereocenters. The quantitative estimate of drug-likeness (QED) is 0.195. The van der Waals surface area contributed by atoms with E-state index in [2.05, 4.69) is 21.1 Å². The highest BCUT2D eigenvalue weighted by Crippen LogP contribution is 2.26. The molecule has 38 heavy (non-hydrogen) atoms. The maximum atomic E-state index is 13.6. The third-order valence-electron chi connectivity index (χ3n) is 4.51. The van der Waals surface area contributed by atoms with Crippen molar-refractivity contribution in [1.29, 1.82) is 0 Å². The maximum Gasteiger partial charge on any atom is 0.347 e. The van der Waals surface area contributed by atoms with E-state index in [0.717, 1.165) is 10.7 Å². The lowest BCUT2D eigenvalue weighted by Crippen LogP contribution is -2.37. The van der Waals surface area contributed by atoms with Crippen LogP contribution in [-0.2, 0) is 14.9 Å². The highest BCUT2D eigenvalue weighted by molar-refractivity contribution is 7.98. The summed E-state index contributed by atoms with van der Waals surface area (Å²) >= 11 is 6.92. The molecular weight excluding hydrogens is 537 g/mol. The van der Waals surface area contributed by atoms with Gasteiger partial charge in [-0.3, -0.25) is 4.79 Å². The van der Waals surface area contributed by atoms with Crippen LogP contribution >= 0.6 is 23.4 Å². The van der Waals surface area contributed by atoms with Crippen molar-refractivity contribution < 1.29 is 23.4 Å². The Kier molecular flexibility index (Phi) is 10.9. The zero-order valence-electron chi connectivity index (χ0n) is 21.4. The van der Waals surface area contributed by atoms with Crippen LogP contribution in [0.3, 0.4) is 0 Å². The number of halogens is 2. The molecule has 2 aromatic heterocycles. The summed E-state index contributed by atoms with van der Waals surface area (Å²) in [6, 6.07) is 7.32. The van der Waals surface area contributed by atoms with Crippen LogP contribution in [0.4, 0.5) is 4.39 Å². The first kappa shape index (κ1) is 30.4. The number of pyridine rings is 1. The second kappa shape index (κ2) is 13.6. The van der Waals surface area contributed by atoms with Gasteiger partial charge in [0.1, 0.15) is 17.2 Å². The van der Waals surface area contributed by atoms with E-state index in [0.29, 0.717) is 22.3 Å². The summed E-state index contributed by atoms with van der Waals surface area (Å²) in [6.07, 6.45) is 7.26. The van der Waals surface area contributed by atoms with Gasteiger partial charge in [-0.15, -0.1) is 16.6 Å². The summed E-state index contributed by atoms with van der Waals surface area (Å²) in [5.41, 5.74) is -0.225. The monoisotopic (exact) mass is 563 g/mol. The topological polar surface area (TPSA) is 131 Å². The number of carbonyl (C=O) groups is 1. The lowest BCUT2D eigenvalue weighted by atomic mass is 9.93. The fourth-order valence-corrected chi connectivity index (χ4v) is 3.20. The van der Waals surface area contributed by atoms with Crippen LogP contribution in [0.2, 0.25) is 5.02 Å². The number of hydrogen-bond acceptors (Lipinski definition) is 10. The Hall–Kier alpha value is -3.82. The Bertz CT molecular complexity index is 1360. The van der Waals surface area contributed by atoms with Crippen LogP contribution in [0.5, 0.6) is 17.4 Å². The number of nitrogens with zero attached hydrogens (tertiary/aromatic N) is 4. The predicted molar refractivity (Wildman–Crippen MR) is 143 cm³/mol. The normalized spacial score (nSPS) is 11.4. The van der Waals surface area contributed by atoms with Crippen molar-refractivity contribution in [2.24, 2.45) is 0 Å². The first-order valence-electron chi connectivity index (χ1n) is 11.0. The molecule has 10 nitrogen and oxygen atoms in total. The van der Waals surface area contributed by atoms with Crippen molar-refractivity contribution in [3.05, 3.63) is 63.4 Å². The first-order valence-corrected chi connectivity index (χ1v) is 12.6. The number of benzene rings is 1. The summed E-state index contributed by atoms with van der Waals surface area (Å²) in [5.74, 6) is 7.09. The van der Waals surface area contributed by atoms with Crippen LogP contribution in [0.15, 0.2) is 46.5 Å². The Morgan fingerprint density at radius 3 is 2.45 bits per heavy atom. The Morgan fingerprint density at radius 2 is 1.89 bits per heavy atom. The highest BCUT2D eigenvalue weighted by atomic mass is 35.5. The van der Waals surface area contributed by atoms with Crippen molar-refractivity contribution in [2.45, 2.75) is 44.4 Å². The Morgan fingerprint density at radius 1 is 1.26 bits per heavy atom. The van der Waals surface area contributed by atoms with Crippen LogP contribution in [0.1, 0.15) is 33.4 Å². The van der Waals surface area contributed by atoms with Gasteiger partial charge >= 0.3 is 5.97 Å². The Labute approximate surface area is 228 Å². The second-order valence-electron chi connectivity index (χ2n) is 8.55. The number of carbonyl (C=O) groups excluding carboxylic acids is 1. The molecule has 0 amide bonds. The van der Waals surface area contributed by atoms with Crippen LogP contribution in [0, 0.1) is 18.2 Å². The summed E-state index contributed by atoms with van der Waals surface area (Å²) in [4.78, 5) is 27.0. The lowest BCUT2D eigenvalue weighted by molar-refractivity contribution is -0.149. The smallest absolute Gasteiger partial charge is 0.347 e. The third kappa shape index (κ3) is 8.64. The van der Waals surface area contributed by atoms with Gasteiger partial charge in [-0.2, -0.15) is 4.68 Å². The molecule has 0 fully saturated rings. The molecule has 2 N–H and O–H groups in total. The fraction of sp³-hybridized carbons (Fsp3) is 0.320. The number of hydrogen-bond donors (Lipinski definition) is 1. The van der Waals surface area contributed by atoms with E-state index in [-0.39, 0.29) is 28.5 Å². The molecule has 0 saturated heterocycles. The van der Waals surface area contributed by atoms with Gasteiger partial charge < -0.3 is 20.1 Å². The summed E-state index contributed by atoms with van der Waals surface area (Å²) in [5, 5.41) is 8.37. The zero-order valence-corrected chi connectivity index (χ0v) is 23.0. The lowest BCUT2D eigenvalue weighted by Gasteiger charge is -2.16. The summed E-state index contributed by atoms with van der Waals surface area (Å²) < 4.78 is 30.1. The number of aromatic nitrogens is 4. The van der Waals surface area contributed by atoms with E-state index in [9.17, 15) is 14.0 Å². The maximum absolute atomic E-state index is 13.6. The van der Waals surface area contributed by atoms with Crippen molar-refractivity contribution in [3.8, 4) is 29.7 Å². The molecule has 1 aromatic carbocycles. The average Bonchev–Trinajstić information content (AvgIpc) is 2.86. The van der Waals surface area contributed by atoms with Gasteiger partial charge in [0.2, 0.25) is 5.16 Å². The van der Waals surface area contributed by atoms with Gasteiger partial charge in [-0.25, -0.2) is 14.2 Å². The van der Waals surface area contributed by atoms with Gasteiger partial charge in [0.15, 0.2) is 18.5 Å². The van der Waals surface area contributed by atoms with Crippen molar-refractivity contribution in [1.82, 2.24) is 19.9 Å². The molecule has 0 radical (unpaired) electrons. The van der Waals surface area contributed by atoms with Gasteiger partial charge in [0, 0.05) is 11.6 Å². The molecule has 2 heterocycles. The molecule has 0 aliphatic heterocycles. The van der Waals surface area contributed by atoms with Gasteiger partial charge in [-0.05, 0) is 43.5 Å². The molecular formula is C25H27ClFN5O5S. The predicted octanol–water partition coefficient (Wildman–Crippen LogP) is 3.98. The van der Waals surface area contributed by atoms with E-state index < -0.39 is 17.9 Å². The minimum Gasteiger partial charge on any atom is -0.479 e. The van der Waals surface area contributed by atoms with E-state index in [1.807, 2.05) is 20.8 Å². The number of terminal acetylenes is 1. The highest BCUT2D eigenvalue weighted by Gasteiger charge is 2.22. The van der Waals surface area contributed by atoms with Gasteiger partial charge in [0.05, 0.1) is 5.02 Å². The van der Waals surface area contributed by atoms with Gasteiger partial charge in [0.25, 0.3) is 11.4 Å². The summed E-state index contributed by atoms with van der Waals surface area (Å²) in [6.45, 7) is 7.13. The van der Waals surface area contributed by atoms with Crippen molar-refractivity contribution in [2.75, 3.05) is 18.7 Å². The molecule has 1 atom stereocenters. The van der Waals surface area contributed by atoms with Gasteiger partial charge in [-0.1, -0.05) is 50.1 Å². The number of ether oxygens (including phenoxy) is 3. The molecule has 0 spiro atoms. The van der Waals surface area contributed by atoms with Crippen molar-refractivity contribution >= 4 is 29.3 Å². The number of thioether (sulfide) groups is 1. The standard InChI is InChI=1S/C17H13ClFNO4.C8H14N4OS/c1-3-8-22-17(21)11(2)23-13-4-6-14(7-5-13)24-16-15(19)9-12(18)10-20-16;1-8(2,3)5-6(13)12(9)7(14-4)11-10-5/h1,4-7,9-11H,8H2,2H3;9H2,1-4H3/t11-;/m1./s1. The molecule has 3 rings (SSSR count). The SMILES string of the molecule is C#CCOC(=O)[C@@H](C)Oc1ccc(Oc2ncc(Cl)cc2F)cc1.CSc1nnc(C(C)(C)C)c(=O)n1N. The summed E-state index contributed by atoms with van der Waals surface area (Å²) in [7, 11) is 0. The molecule has 3 aromatic rings. The molecule has 0 saturated carbocycles. The average molecular weight is 564 g/mol. The molecule has 202 valence electrons. The molecule has 0 aliphatic rings. The van der Waals surface area contributed by atoms with E-state index in [1.54, 1.807) is 30.5 Å². The third-order valence-corrected chi connectivity index (χ3v) is 5.36. The number of nitrogen functional groups attached to an aromatic ring is 1. The van der Waals surface area contributed by atoms with E-state index in [1.165, 1.54) is 24.9 Å². The van der Waals surface area contributed by atoms with E-state index >= 15 is 0 Å². The molecule has 0 aliphatic carbocycles. The zero-order chi connectivity index (χ0) is 28.5. The van der Waals surface area contributed by atoms with Crippen LogP contribution in [0.25, 0.3) is 0 Å². The largest absolute Gasteiger partial charge is 0.479 e. The first-order chi connectivity index (χ1) is 17.9. The van der Waals surface area contributed by atoms with Crippen molar-refractivity contribution in [3.63, 3.8) is 0 Å². The number of nitrogens with two attached hydrogens (primary N) is 1. The second-order valence-corrected chi connectivity index (χ2v) is 9.76. The van der Waals surface area contributed by atoms with Crippen LogP contribution in [-0.4, -0.2) is 44.8 Å². The number of esters is 1. The minimum absolute atomic E-state index is 0.112. The van der Waals surface area contributed by atoms with Crippen LogP contribution < -0.4 is 20.9 Å². The number of rotatable bonds is 7. The minimum atomic E-state index is -0.819. The van der Waals surface area contributed by atoms with E-state index in [4.69, 9.17) is 38.1 Å². The molecule has 13 heteroatoms. The fourth-order valence-electron chi connectivity index (χ4n) is 2.65.